The number of rotatable bonds is 5. The summed E-state index contributed by atoms with van der Waals surface area (Å²) in [5.41, 5.74) is 1.03. The first-order valence-electron chi connectivity index (χ1n) is 7.79. The van der Waals surface area contributed by atoms with E-state index in [0.29, 0.717) is 16.9 Å². The smallest absolute Gasteiger partial charge is 0.289 e. The maximum absolute atomic E-state index is 13.0. The molecule has 0 aliphatic rings. The fourth-order valence-electron chi connectivity index (χ4n) is 2.56. The molecule has 26 heavy (non-hydrogen) atoms. The molecule has 0 fully saturated rings. The van der Waals surface area contributed by atoms with Gasteiger partial charge in [0, 0.05) is 24.2 Å². The molecule has 0 spiro atoms. The Balaban J connectivity index is 1.77. The highest BCUT2D eigenvalue weighted by molar-refractivity contribution is 5.92. The average molecular weight is 354 g/mol. The number of para-hydroxylation sites is 1. The van der Waals surface area contributed by atoms with E-state index >= 15 is 0 Å². The molecule has 0 radical (unpaired) electrons. The molecule has 0 saturated heterocycles. The van der Waals surface area contributed by atoms with Crippen LogP contribution in [0.5, 0.6) is 0 Å². The topological polar surface area (TPSA) is 76.6 Å². The van der Waals surface area contributed by atoms with Crippen molar-refractivity contribution in [2.75, 3.05) is 7.05 Å². The van der Waals surface area contributed by atoms with Gasteiger partial charge in [-0.05, 0) is 36.4 Å². The zero-order valence-electron chi connectivity index (χ0n) is 13.9. The molecule has 0 unspecified atom stereocenters. The van der Waals surface area contributed by atoms with Crippen molar-refractivity contribution in [2.24, 2.45) is 0 Å². The highest BCUT2D eigenvalue weighted by Crippen LogP contribution is 2.24. The molecule has 0 N–H and O–H groups in total. The van der Waals surface area contributed by atoms with Gasteiger partial charge < -0.3 is 9.32 Å². The molecule has 0 bridgehead atoms. The number of hydrogen-bond acceptors (Lipinski definition) is 4. The molecule has 132 valence electrons. The first-order chi connectivity index (χ1) is 12.5. The summed E-state index contributed by atoms with van der Waals surface area (Å²) in [5, 5.41) is 11.1. The monoisotopic (exact) mass is 354 g/mol. The molecule has 0 atom stereocenters. The Morgan fingerprint density at radius 2 is 1.81 bits per heavy atom. The second kappa shape index (κ2) is 7.18. The van der Waals surface area contributed by atoms with E-state index in [1.807, 2.05) is 0 Å². The van der Waals surface area contributed by atoms with Gasteiger partial charge in [-0.2, -0.15) is 0 Å². The molecule has 1 amide bonds. The lowest BCUT2D eigenvalue weighted by Gasteiger charge is -2.15. The van der Waals surface area contributed by atoms with Crippen LogP contribution in [0.15, 0.2) is 65.1 Å². The van der Waals surface area contributed by atoms with Crippen molar-refractivity contribution in [1.82, 2.24) is 4.90 Å². The number of nitrogens with zero attached hydrogens (tertiary/aromatic N) is 2. The van der Waals surface area contributed by atoms with E-state index in [-0.39, 0.29) is 23.8 Å². The van der Waals surface area contributed by atoms with Gasteiger partial charge in [0.2, 0.25) is 0 Å². The summed E-state index contributed by atoms with van der Waals surface area (Å²) in [6.45, 7) is 0.0720. The summed E-state index contributed by atoms with van der Waals surface area (Å²) in [7, 11) is 1.54. The fraction of sp³-hybridized carbons (Fsp3) is 0.105. The van der Waals surface area contributed by atoms with E-state index in [0.717, 1.165) is 0 Å². The summed E-state index contributed by atoms with van der Waals surface area (Å²) in [6, 6.07) is 15.1. The largest absolute Gasteiger partial charge is 0.451 e. The summed E-state index contributed by atoms with van der Waals surface area (Å²) in [4.78, 5) is 24.5. The van der Waals surface area contributed by atoms with Gasteiger partial charge in [0.1, 0.15) is 11.6 Å². The van der Waals surface area contributed by atoms with Crippen LogP contribution in [0.25, 0.3) is 11.3 Å². The maximum Gasteiger partial charge on any atom is 0.289 e. The van der Waals surface area contributed by atoms with Crippen molar-refractivity contribution < 1.29 is 18.5 Å². The van der Waals surface area contributed by atoms with Crippen LogP contribution in [-0.2, 0) is 6.54 Å². The Kier molecular flexibility index (Phi) is 4.79. The van der Waals surface area contributed by atoms with Gasteiger partial charge in [0.05, 0.1) is 11.5 Å². The number of halogens is 1. The van der Waals surface area contributed by atoms with Gasteiger partial charge in [-0.15, -0.1) is 0 Å². The molecular formula is C19H15FN2O4. The Morgan fingerprint density at radius 3 is 2.50 bits per heavy atom. The number of nitro groups is 1. The van der Waals surface area contributed by atoms with Crippen LogP contribution in [0.3, 0.4) is 0 Å². The lowest BCUT2D eigenvalue weighted by molar-refractivity contribution is -0.385. The van der Waals surface area contributed by atoms with E-state index in [4.69, 9.17) is 4.42 Å². The van der Waals surface area contributed by atoms with Gasteiger partial charge >= 0.3 is 0 Å². The summed E-state index contributed by atoms with van der Waals surface area (Å²) in [5.74, 6) is -0.227. The normalized spacial score (nSPS) is 10.5. The highest BCUT2D eigenvalue weighted by atomic mass is 19.1. The van der Waals surface area contributed by atoms with Crippen LogP contribution in [0.2, 0.25) is 0 Å². The summed E-state index contributed by atoms with van der Waals surface area (Å²) in [6.07, 6.45) is 0. The molecule has 0 aliphatic carbocycles. The van der Waals surface area contributed by atoms with Crippen molar-refractivity contribution in [3.05, 3.63) is 87.9 Å². The molecule has 2 aromatic carbocycles. The number of carbonyl (C=O) groups excluding carboxylic acids is 1. The van der Waals surface area contributed by atoms with Crippen molar-refractivity contribution in [2.45, 2.75) is 6.54 Å². The molecular weight excluding hydrogens is 339 g/mol. The van der Waals surface area contributed by atoms with E-state index in [1.165, 1.54) is 29.2 Å². The van der Waals surface area contributed by atoms with Crippen molar-refractivity contribution in [3.8, 4) is 11.3 Å². The minimum absolute atomic E-state index is 0.0430. The van der Waals surface area contributed by atoms with Crippen molar-refractivity contribution in [1.29, 1.82) is 0 Å². The molecule has 7 heteroatoms. The van der Waals surface area contributed by atoms with E-state index < -0.39 is 10.8 Å². The minimum Gasteiger partial charge on any atom is -0.451 e. The van der Waals surface area contributed by atoms with E-state index in [2.05, 4.69) is 0 Å². The zero-order valence-corrected chi connectivity index (χ0v) is 13.9. The van der Waals surface area contributed by atoms with Crippen LogP contribution in [-0.4, -0.2) is 22.8 Å². The molecule has 0 aliphatic heterocycles. The first kappa shape index (κ1) is 17.3. The predicted octanol–water partition coefficient (Wildman–Crippen LogP) is 4.27. The van der Waals surface area contributed by atoms with Gasteiger partial charge in [-0.1, -0.05) is 18.2 Å². The third-order valence-corrected chi connectivity index (χ3v) is 3.89. The second-order valence-electron chi connectivity index (χ2n) is 5.72. The van der Waals surface area contributed by atoms with Crippen LogP contribution >= 0.6 is 0 Å². The average Bonchev–Trinajstić information content (AvgIpc) is 3.12. The molecule has 0 saturated carbocycles. The zero-order chi connectivity index (χ0) is 18.7. The van der Waals surface area contributed by atoms with Crippen molar-refractivity contribution >= 4 is 11.6 Å². The first-order valence-corrected chi connectivity index (χ1v) is 7.79. The van der Waals surface area contributed by atoms with Crippen LogP contribution in [0.4, 0.5) is 10.1 Å². The SMILES string of the molecule is CN(Cc1ccccc1[N+](=O)[O-])C(=O)c1ccc(-c2ccc(F)cc2)o1. The number of nitro benzene ring substituents is 1. The quantitative estimate of drug-likeness (QED) is 0.506. The van der Waals surface area contributed by atoms with Gasteiger partial charge in [0.25, 0.3) is 11.6 Å². The lowest BCUT2D eigenvalue weighted by atomic mass is 10.1. The highest BCUT2D eigenvalue weighted by Gasteiger charge is 2.20. The Hall–Kier alpha value is -3.48. The molecule has 1 heterocycles. The van der Waals surface area contributed by atoms with E-state index in [9.17, 15) is 19.3 Å². The number of amides is 1. The number of hydrogen-bond donors (Lipinski definition) is 0. The Labute approximate surface area is 148 Å². The Bertz CT molecular complexity index is 950. The summed E-state index contributed by atoms with van der Waals surface area (Å²) >= 11 is 0. The van der Waals surface area contributed by atoms with Gasteiger partial charge in [0.15, 0.2) is 5.76 Å². The van der Waals surface area contributed by atoms with Crippen LogP contribution in [0.1, 0.15) is 16.1 Å². The fourth-order valence-corrected chi connectivity index (χ4v) is 2.56. The predicted molar refractivity (Wildman–Crippen MR) is 93.0 cm³/mol. The lowest BCUT2D eigenvalue weighted by Crippen LogP contribution is -2.26. The minimum atomic E-state index is -0.479. The molecule has 1 aromatic heterocycles. The van der Waals surface area contributed by atoms with Crippen molar-refractivity contribution in [3.63, 3.8) is 0 Å². The molecule has 3 aromatic rings. The second-order valence-corrected chi connectivity index (χ2v) is 5.72. The van der Waals surface area contributed by atoms with Crippen LogP contribution in [0, 0.1) is 15.9 Å². The number of carbonyl (C=O) groups is 1. The van der Waals surface area contributed by atoms with Crippen LogP contribution < -0.4 is 0 Å². The summed E-state index contributed by atoms with van der Waals surface area (Å²) < 4.78 is 18.6. The van der Waals surface area contributed by atoms with Gasteiger partial charge in [-0.25, -0.2) is 4.39 Å². The molecule has 3 rings (SSSR count). The van der Waals surface area contributed by atoms with E-state index in [1.54, 1.807) is 43.4 Å². The number of furan rings is 1. The Morgan fingerprint density at radius 1 is 1.12 bits per heavy atom. The third-order valence-electron chi connectivity index (χ3n) is 3.89. The molecule has 6 nitrogen and oxygen atoms in total. The number of benzene rings is 2. The standard InChI is InChI=1S/C19H15FN2O4/c1-21(12-14-4-2-3-5-16(14)22(24)25)19(23)18-11-10-17(26-18)13-6-8-15(20)9-7-13/h2-11H,12H2,1H3. The van der Waals surface area contributed by atoms with Gasteiger partial charge in [-0.3, -0.25) is 14.9 Å². The third kappa shape index (κ3) is 3.61. The maximum atomic E-state index is 13.0.